The highest BCUT2D eigenvalue weighted by atomic mass is 35.5. The third-order valence-electron chi connectivity index (χ3n) is 3.28. The Morgan fingerprint density at radius 2 is 2.21 bits per heavy atom. The van der Waals surface area contributed by atoms with E-state index in [1.807, 2.05) is 6.92 Å². The van der Waals surface area contributed by atoms with Crippen LogP contribution < -0.4 is 4.72 Å². The van der Waals surface area contributed by atoms with Crippen LogP contribution in [0.2, 0.25) is 5.02 Å². The van der Waals surface area contributed by atoms with Crippen LogP contribution in [0.1, 0.15) is 26.2 Å². The molecule has 2 rings (SSSR count). The number of H-pyrrole nitrogens is 1. The van der Waals surface area contributed by atoms with E-state index in [4.69, 9.17) is 11.6 Å². The number of halogens is 1. The van der Waals surface area contributed by atoms with E-state index in [-0.39, 0.29) is 27.7 Å². The molecule has 0 aliphatic carbocycles. The highest BCUT2D eigenvalue weighted by Crippen LogP contribution is 2.27. The molecule has 1 heterocycles. The van der Waals surface area contributed by atoms with Gasteiger partial charge in [0.1, 0.15) is 6.04 Å². The number of benzene rings is 1. The van der Waals surface area contributed by atoms with Gasteiger partial charge in [-0.2, -0.15) is 9.94 Å². The van der Waals surface area contributed by atoms with Gasteiger partial charge in [0, 0.05) is 5.56 Å². The summed E-state index contributed by atoms with van der Waals surface area (Å²) in [5.74, 6) is -1.09. The van der Waals surface area contributed by atoms with Crippen LogP contribution in [0.3, 0.4) is 0 Å². The quantitative estimate of drug-likeness (QED) is 0.636. The van der Waals surface area contributed by atoms with Crippen molar-refractivity contribution in [2.24, 2.45) is 0 Å². The van der Waals surface area contributed by atoms with Crippen molar-refractivity contribution >= 4 is 27.6 Å². The first-order valence-corrected chi connectivity index (χ1v) is 8.99. The first kappa shape index (κ1) is 18.3. The van der Waals surface area contributed by atoms with Gasteiger partial charge < -0.3 is 5.11 Å². The average molecular weight is 374 g/mol. The zero-order valence-corrected chi connectivity index (χ0v) is 14.3. The molecule has 0 unspecified atom stereocenters. The molecule has 0 aliphatic rings. The zero-order chi connectivity index (χ0) is 17.7. The molecule has 24 heavy (non-hydrogen) atoms. The monoisotopic (exact) mass is 373 g/mol. The van der Waals surface area contributed by atoms with Crippen molar-refractivity contribution in [3.63, 3.8) is 0 Å². The summed E-state index contributed by atoms with van der Waals surface area (Å²) < 4.78 is 27.1. The molecule has 0 bridgehead atoms. The molecule has 1 aromatic carbocycles. The van der Waals surface area contributed by atoms with Crippen molar-refractivity contribution in [2.45, 2.75) is 37.1 Å². The van der Waals surface area contributed by atoms with Gasteiger partial charge in [-0.15, -0.1) is 10.2 Å². The number of aliphatic carboxylic acids is 1. The summed E-state index contributed by atoms with van der Waals surface area (Å²) in [6.07, 6.45) is 1.55. The van der Waals surface area contributed by atoms with E-state index in [1.165, 1.54) is 18.2 Å². The molecule has 130 valence electrons. The highest BCUT2D eigenvalue weighted by Gasteiger charge is 2.26. The number of rotatable bonds is 8. The van der Waals surface area contributed by atoms with Crippen LogP contribution in [0.25, 0.3) is 11.4 Å². The predicted octanol–water partition coefficient (Wildman–Crippen LogP) is 1.44. The van der Waals surface area contributed by atoms with Gasteiger partial charge in [-0.1, -0.05) is 31.4 Å². The summed E-state index contributed by atoms with van der Waals surface area (Å²) in [6, 6.07) is 2.74. The largest absolute Gasteiger partial charge is 0.480 e. The molecule has 3 N–H and O–H groups in total. The van der Waals surface area contributed by atoms with Crippen molar-refractivity contribution in [2.75, 3.05) is 0 Å². The molecule has 0 radical (unpaired) electrons. The molecule has 2 aromatic rings. The minimum absolute atomic E-state index is 0.130. The standard InChI is InChI=1S/C13H16ClN5O4S/c1-2-3-4-11(13(20)21)17-24(22,23)8-5-6-10(14)9(7-8)12-15-18-19-16-12/h5-7,11,17H,2-4H2,1H3,(H,20,21)(H,15,16,18,19)/t11-/m0/s1. The van der Waals surface area contributed by atoms with Crippen LogP contribution in [0.5, 0.6) is 0 Å². The van der Waals surface area contributed by atoms with Gasteiger partial charge in [0.2, 0.25) is 15.8 Å². The van der Waals surface area contributed by atoms with Gasteiger partial charge in [-0.25, -0.2) is 8.42 Å². The molecule has 0 spiro atoms. The maximum absolute atomic E-state index is 12.5. The maximum Gasteiger partial charge on any atom is 0.321 e. The lowest BCUT2D eigenvalue weighted by molar-refractivity contribution is -0.139. The number of hydrogen-bond acceptors (Lipinski definition) is 6. The Hall–Kier alpha value is -2.04. The summed E-state index contributed by atoms with van der Waals surface area (Å²) >= 11 is 6.03. The zero-order valence-electron chi connectivity index (χ0n) is 12.7. The van der Waals surface area contributed by atoms with Crippen LogP contribution in [0, 0.1) is 0 Å². The number of tetrazole rings is 1. The molecule has 9 nitrogen and oxygen atoms in total. The fourth-order valence-corrected chi connectivity index (χ4v) is 3.47. The number of carboxylic acid groups (broad SMARTS) is 1. The summed E-state index contributed by atoms with van der Waals surface area (Å²) in [5.41, 5.74) is 0.272. The van der Waals surface area contributed by atoms with Gasteiger partial charge in [-0.05, 0) is 29.8 Å². The average Bonchev–Trinajstić information content (AvgIpc) is 3.05. The van der Waals surface area contributed by atoms with Gasteiger partial charge in [0.05, 0.1) is 9.92 Å². The second-order valence-electron chi connectivity index (χ2n) is 5.03. The molecule has 0 fully saturated rings. The fraction of sp³-hybridized carbons (Fsp3) is 0.385. The van der Waals surface area contributed by atoms with E-state index in [0.29, 0.717) is 6.42 Å². The number of unbranched alkanes of at least 4 members (excludes halogenated alkanes) is 1. The van der Waals surface area contributed by atoms with Crippen molar-refractivity contribution in [3.8, 4) is 11.4 Å². The van der Waals surface area contributed by atoms with E-state index < -0.39 is 22.0 Å². The van der Waals surface area contributed by atoms with Crippen LogP contribution in [0.4, 0.5) is 0 Å². The molecule has 0 saturated carbocycles. The second kappa shape index (κ2) is 7.69. The number of hydrogen-bond donors (Lipinski definition) is 3. The number of sulfonamides is 1. The lowest BCUT2D eigenvalue weighted by Crippen LogP contribution is -2.40. The van der Waals surface area contributed by atoms with E-state index >= 15 is 0 Å². The molecule has 0 saturated heterocycles. The van der Waals surface area contributed by atoms with Gasteiger partial charge in [-0.3, -0.25) is 4.79 Å². The Balaban J connectivity index is 2.32. The van der Waals surface area contributed by atoms with Crippen molar-refractivity contribution < 1.29 is 18.3 Å². The van der Waals surface area contributed by atoms with Gasteiger partial charge in [0.25, 0.3) is 0 Å². The summed E-state index contributed by atoms with van der Waals surface area (Å²) in [6.45, 7) is 1.89. The van der Waals surface area contributed by atoms with Crippen molar-refractivity contribution in [1.82, 2.24) is 25.3 Å². The molecule has 1 atom stereocenters. The molecular weight excluding hydrogens is 358 g/mol. The number of nitrogens with one attached hydrogen (secondary N) is 2. The minimum Gasteiger partial charge on any atom is -0.480 e. The Kier molecular flexibility index (Phi) is 5.86. The fourth-order valence-electron chi connectivity index (χ4n) is 2.02. The van der Waals surface area contributed by atoms with Crippen molar-refractivity contribution in [1.29, 1.82) is 0 Å². The SMILES string of the molecule is CCCC[C@H](NS(=O)(=O)c1ccc(Cl)c(-c2nn[nH]n2)c1)C(=O)O. The smallest absolute Gasteiger partial charge is 0.321 e. The minimum atomic E-state index is -4.04. The first-order chi connectivity index (χ1) is 11.3. The third kappa shape index (κ3) is 4.28. The number of aromatic nitrogens is 4. The van der Waals surface area contributed by atoms with Crippen molar-refractivity contribution in [3.05, 3.63) is 23.2 Å². The summed E-state index contributed by atoms with van der Waals surface area (Å²) in [5, 5.41) is 22.6. The lowest BCUT2D eigenvalue weighted by Gasteiger charge is -2.15. The molecule has 11 heteroatoms. The van der Waals surface area contributed by atoms with Gasteiger partial charge >= 0.3 is 5.97 Å². The van der Waals surface area contributed by atoms with Crippen LogP contribution in [-0.4, -0.2) is 46.2 Å². The number of nitrogens with zero attached hydrogens (tertiary/aromatic N) is 3. The predicted molar refractivity (Wildman–Crippen MR) is 85.9 cm³/mol. The number of aromatic amines is 1. The second-order valence-corrected chi connectivity index (χ2v) is 7.15. The van der Waals surface area contributed by atoms with E-state index in [1.54, 1.807) is 0 Å². The summed E-state index contributed by atoms with van der Waals surface area (Å²) in [4.78, 5) is 11.1. The molecule has 1 aromatic heterocycles. The van der Waals surface area contributed by atoms with E-state index in [2.05, 4.69) is 25.3 Å². The number of carboxylic acids is 1. The van der Waals surface area contributed by atoms with E-state index in [9.17, 15) is 18.3 Å². The van der Waals surface area contributed by atoms with Gasteiger partial charge in [0.15, 0.2) is 0 Å². The van der Waals surface area contributed by atoms with Crippen LogP contribution >= 0.6 is 11.6 Å². The topological polar surface area (TPSA) is 138 Å². The van der Waals surface area contributed by atoms with E-state index in [0.717, 1.165) is 6.42 Å². The molecule has 0 aliphatic heterocycles. The Bertz CT molecular complexity index is 810. The Morgan fingerprint density at radius 1 is 1.46 bits per heavy atom. The van der Waals surface area contributed by atoms with Crippen LogP contribution in [0.15, 0.2) is 23.1 Å². The number of carbonyl (C=O) groups is 1. The maximum atomic E-state index is 12.5. The summed E-state index contributed by atoms with van der Waals surface area (Å²) in [7, 11) is -4.04. The van der Waals surface area contributed by atoms with Crippen LogP contribution in [-0.2, 0) is 14.8 Å². The highest BCUT2D eigenvalue weighted by molar-refractivity contribution is 7.89. The Morgan fingerprint density at radius 3 is 2.79 bits per heavy atom. The first-order valence-electron chi connectivity index (χ1n) is 7.13. The Labute approximate surface area is 143 Å². The molecular formula is C13H16ClN5O4S. The molecule has 0 amide bonds. The third-order valence-corrected chi connectivity index (χ3v) is 5.08. The normalized spacial score (nSPS) is 12.9. The lowest BCUT2D eigenvalue weighted by atomic mass is 10.1.